The lowest BCUT2D eigenvalue weighted by atomic mass is 9.95. The van der Waals surface area contributed by atoms with E-state index in [1.165, 1.54) is 49.7 Å². The van der Waals surface area contributed by atoms with Crippen LogP contribution in [0.4, 0.5) is 19.0 Å². The van der Waals surface area contributed by atoms with E-state index in [1.54, 1.807) is 23.7 Å². The molecule has 4 aliphatic rings. The number of nitrogens with zero attached hydrogens (tertiary/aromatic N) is 6. The third kappa shape index (κ3) is 6.77. The highest BCUT2D eigenvalue weighted by Crippen LogP contribution is 2.59. The fraction of sp³-hybridized carbons (Fsp3) is 0.395. The molecule has 3 aromatic carbocycles. The number of hydrogen-bond donors (Lipinski definition) is 1. The van der Waals surface area contributed by atoms with Gasteiger partial charge in [0.1, 0.15) is 52.7 Å². The van der Waals surface area contributed by atoms with Crippen molar-refractivity contribution in [1.82, 2.24) is 24.5 Å². The third-order valence-corrected chi connectivity index (χ3v) is 14.4. The Balaban J connectivity index is 1.12. The normalized spacial score (nSPS) is 23.7. The van der Waals surface area contributed by atoms with E-state index in [0.29, 0.717) is 37.0 Å². The highest BCUT2D eigenvalue weighted by molar-refractivity contribution is 7.51. The molecule has 4 saturated heterocycles. The number of hydrogen-bond acceptors (Lipinski definition) is 12. The number of phenols is 1. The fourth-order valence-corrected chi connectivity index (χ4v) is 11.8. The molecule has 2 bridgehead atoms. The number of terminal acetylenes is 1. The van der Waals surface area contributed by atoms with Crippen molar-refractivity contribution in [2.45, 2.75) is 62.8 Å². The van der Waals surface area contributed by atoms with E-state index in [2.05, 4.69) is 20.8 Å². The Labute approximate surface area is 344 Å². The lowest BCUT2D eigenvalue weighted by Crippen LogP contribution is -2.53. The summed E-state index contributed by atoms with van der Waals surface area (Å²) in [6.45, 7) is 3.42. The molecule has 9 rings (SSSR count). The monoisotopic (exact) mass is 842 g/mol. The van der Waals surface area contributed by atoms with Gasteiger partial charge in [-0.15, -0.1) is 6.42 Å². The number of para-hydroxylation sites is 1. The first-order valence-electron chi connectivity index (χ1n) is 19.9. The quantitative estimate of drug-likeness (QED) is 0.0802. The second-order valence-electron chi connectivity index (χ2n) is 15.7. The van der Waals surface area contributed by atoms with Crippen molar-refractivity contribution in [3.05, 3.63) is 77.5 Å². The second-order valence-corrected chi connectivity index (χ2v) is 17.5. The molecule has 6 heterocycles. The van der Waals surface area contributed by atoms with Crippen LogP contribution in [0.2, 0.25) is 0 Å². The predicted molar refractivity (Wildman–Crippen MR) is 217 cm³/mol. The Kier molecular flexibility index (Phi) is 10.3. The summed E-state index contributed by atoms with van der Waals surface area (Å²) in [7, 11) is -2.82. The molecule has 0 amide bonds. The van der Waals surface area contributed by atoms with Gasteiger partial charge in [0.25, 0.3) is 0 Å². The van der Waals surface area contributed by atoms with Crippen molar-refractivity contribution in [3.63, 3.8) is 0 Å². The first kappa shape index (κ1) is 40.0. The van der Waals surface area contributed by atoms with Gasteiger partial charge in [0.2, 0.25) is 0 Å². The van der Waals surface area contributed by atoms with Crippen LogP contribution < -0.4 is 14.2 Å². The summed E-state index contributed by atoms with van der Waals surface area (Å²) in [5, 5.41) is 11.5. The molecule has 17 heteroatoms. The number of piperazine rings is 1. The first-order chi connectivity index (χ1) is 29.0. The third-order valence-electron chi connectivity index (χ3n) is 12.1. The smallest absolute Gasteiger partial charge is 0.462 e. The van der Waals surface area contributed by atoms with Crippen LogP contribution >= 0.6 is 7.75 Å². The maximum absolute atomic E-state index is 17.3. The van der Waals surface area contributed by atoms with E-state index in [1.807, 2.05) is 4.90 Å². The molecule has 60 heavy (non-hydrogen) atoms. The number of carbonyl (C=O) groups excluding carboxylic acids is 1. The van der Waals surface area contributed by atoms with Gasteiger partial charge >= 0.3 is 19.7 Å². The van der Waals surface area contributed by atoms with Crippen LogP contribution in [0, 0.1) is 24.0 Å². The van der Waals surface area contributed by atoms with Crippen LogP contribution in [-0.2, 0) is 13.8 Å². The van der Waals surface area contributed by atoms with Crippen molar-refractivity contribution < 1.29 is 46.2 Å². The molecule has 4 aliphatic heterocycles. The molecule has 5 atom stereocenters. The van der Waals surface area contributed by atoms with Crippen LogP contribution in [0.3, 0.4) is 0 Å². The molecule has 0 radical (unpaired) electrons. The summed E-state index contributed by atoms with van der Waals surface area (Å²) < 4.78 is 86.9. The van der Waals surface area contributed by atoms with E-state index in [4.69, 9.17) is 29.9 Å². The molecule has 3 unspecified atom stereocenters. The first-order valence-corrected chi connectivity index (χ1v) is 21.4. The molecule has 0 spiro atoms. The standard InChI is InChI=1S/C43H42F3N6O7P/c1-4-30-34(45)14-11-25-17-29(53)18-32(36(25)30)38-37(46)39-33(20-47-38)40(49-42(48-39)57-24-43-15-8-16-51(43)21-26(44)19-43)50-22-27-12-13-28(23-50)52(27)60(55,58-5-2)59-35-10-7-6-9-31(35)41(54)56-3/h1,6-7,9-11,14,17-18,20,26-28,53H,5,8,12-13,15-16,19,21-24H2,2-3H3/t26-,27?,28?,43+,60?/m1/s1. The summed E-state index contributed by atoms with van der Waals surface area (Å²) >= 11 is 0. The Morgan fingerprint density at radius 1 is 1.10 bits per heavy atom. The topological polar surface area (TPSA) is 140 Å². The molecule has 1 N–H and O–H groups in total. The molecule has 312 valence electrons. The number of pyridine rings is 1. The van der Waals surface area contributed by atoms with Gasteiger partial charge in [-0.25, -0.2) is 22.5 Å². The molecular formula is C43H42F3N6O7P. The maximum atomic E-state index is 17.3. The number of phenolic OH excluding ortho intramolecular Hbond substituents is 1. The average molecular weight is 843 g/mol. The van der Waals surface area contributed by atoms with Crippen LogP contribution in [-0.4, -0.2) is 106 Å². The molecule has 0 saturated carbocycles. The highest BCUT2D eigenvalue weighted by atomic mass is 31.2. The molecular weight excluding hydrogens is 800 g/mol. The van der Waals surface area contributed by atoms with Crippen LogP contribution in [0.1, 0.15) is 54.9 Å². The minimum Gasteiger partial charge on any atom is -0.508 e. The second kappa shape index (κ2) is 15.5. The number of carbonyl (C=O) groups is 1. The van der Waals surface area contributed by atoms with Crippen LogP contribution in [0.15, 0.2) is 54.7 Å². The van der Waals surface area contributed by atoms with Gasteiger partial charge in [-0.05, 0) is 74.9 Å². The van der Waals surface area contributed by atoms with Crippen molar-refractivity contribution >= 4 is 41.2 Å². The van der Waals surface area contributed by atoms with Crippen molar-refractivity contribution in [3.8, 4) is 41.1 Å². The number of rotatable bonds is 11. The van der Waals surface area contributed by atoms with E-state index in [9.17, 15) is 18.9 Å². The minimum atomic E-state index is -4.07. The Hall–Kier alpha value is -5.46. The number of alkyl halides is 1. The summed E-state index contributed by atoms with van der Waals surface area (Å²) in [6, 6.07) is 10.8. The van der Waals surface area contributed by atoms with E-state index < -0.39 is 37.1 Å². The number of esters is 1. The van der Waals surface area contributed by atoms with Gasteiger partial charge in [-0.3, -0.25) is 14.4 Å². The van der Waals surface area contributed by atoms with Crippen molar-refractivity contribution in [1.29, 1.82) is 0 Å². The zero-order chi connectivity index (χ0) is 41.9. The number of fused-ring (bicyclic) bond motifs is 5. The molecule has 0 aliphatic carbocycles. The minimum absolute atomic E-state index is 0.0576. The zero-order valence-corrected chi connectivity index (χ0v) is 33.8. The summed E-state index contributed by atoms with van der Waals surface area (Å²) in [5.74, 6) is 0.280. The van der Waals surface area contributed by atoms with Crippen LogP contribution in [0.25, 0.3) is 32.9 Å². The number of benzene rings is 3. The van der Waals surface area contributed by atoms with Gasteiger partial charge in [0, 0.05) is 55.3 Å². The molecule has 2 aromatic heterocycles. The molecule has 5 aromatic rings. The summed E-state index contributed by atoms with van der Waals surface area (Å²) in [4.78, 5) is 30.6. The SMILES string of the molecule is C#Cc1c(F)ccc2cc(O)cc(-c3ncc4c(N5CC6CCC(C5)N6P(=O)(OCC)Oc5ccccc5C(=O)OC)nc(OC[C@@]56CCCN5C[C@H](F)C6)nc4c3F)c12. The number of aromatic hydroxyl groups is 1. The lowest BCUT2D eigenvalue weighted by molar-refractivity contribution is 0.0598. The Morgan fingerprint density at radius 3 is 2.63 bits per heavy atom. The van der Waals surface area contributed by atoms with Crippen molar-refractivity contribution in [2.75, 3.05) is 51.4 Å². The molecule has 4 fully saturated rings. The number of ether oxygens (including phenoxy) is 2. The number of halogens is 3. The number of methoxy groups -OCH3 is 1. The van der Waals surface area contributed by atoms with Gasteiger partial charge in [0.15, 0.2) is 5.82 Å². The lowest BCUT2D eigenvalue weighted by Gasteiger charge is -2.43. The van der Waals surface area contributed by atoms with Gasteiger partial charge in [-0.2, -0.15) is 14.6 Å². The summed E-state index contributed by atoms with van der Waals surface area (Å²) in [6.07, 6.45) is 9.30. The fourth-order valence-electron chi connectivity index (χ4n) is 9.62. The van der Waals surface area contributed by atoms with Gasteiger partial charge in [0.05, 0.1) is 30.2 Å². The van der Waals surface area contributed by atoms with E-state index >= 15 is 8.78 Å². The Morgan fingerprint density at radius 2 is 1.88 bits per heavy atom. The summed E-state index contributed by atoms with van der Waals surface area (Å²) in [5.41, 5.74) is -0.887. The van der Waals surface area contributed by atoms with E-state index in [0.717, 1.165) is 19.4 Å². The van der Waals surface area contributed by atoms with Gasteiger partial charge < -0.3 is 24.0 Å². The predicted octanol–water partition coefficient (Wildman–Crippen LogP) is 7.43. The van der Waals surface area contributed by atoms with Gasteiger partial charge in [-0.1, -0.05) is 24.1 Å². The highest BCUT2D eigenvalue weighted by Gasteiger charge is 2.53. The number of aromatic nitrogens is 3. The molecule has 13 nitrogen and oxygen atoms in total. The Bertz CT molecular complexity index is 2620. The van der Waals surface area contributed by atoms with Crippen LogP contribution in [0.5, 0.6) is 17.5 Å². The average Bonchev–Trinajstić information content (AvgIpc) is 3.86. The number of anilines is 1. The zero-order valence-electron chi connectivity index (χ0n) is 32.9. The largest absolute Gasteiger partial charge is 0.508 e. The van der Waals surface area contributed by atoms with Crippen molar-refractivity contribution in [2.24, 2.45) is 0 Å². The van der Waals surface area contributed by atoms with E-state index in [-0.39, 0.29) is 94.6 Å². The maximum Gasteiger partial charge on any atom is 0.462 e.